The van der Waals surface area contributed by atoms with Crippen LogP contribution < -0.4 is 14.4 Å². The molecule has 1 amide bonds. The number of halogens is 5. The Morgan fingerprint density at radius 2 is 1.78 bits per heavy atom. The van der Waals surface area contributed by atoms with E-state index < -0.39 is 38.3 Å². The van der Waals surface area contributed by atoms with E-state index in [2.05, 4.69) is 5.32 Å². The molecule has 8 nitrogen and oxygen atoms in total. The van der Waals surface area contributed by atoms with Crippen molar-refractivity contribution in [3.8, 4) is 16.9 Å². The molecule has 3 aromatic carbocycles. The lowest BCUT2D eigenvalue weighted by molar-refractivity contribution is -0.137. The van der Waals surface area contributed by atoms with Crippen LogP contribution in [0, 0.1) is 17.6 Å². The standard InChI is InChI=1S/C21H14F5NO3S.C5H9NO.CH2O2/c22-15-5-6-18(23)17(12-15)13-4-7-20-19(10-13)27(8-9-30-20)31(28,29)16-3-1-2-14(11-16)21(24,25)26;1-4-2-3-6-5(4)7;2-1-3/h1-7,10-12H,8-9H2;4H,2-3H2,1H3,(H,6,7);1H,(H,2,3). The molecule has 3 aromatic rings. The Morgan fingerprint density at radius 1 is 1.07 bits per heavy atom. The molecular weight excluding hydrogens is 575 g/mol. The van der Waals surface area contributed by atoms with Crippen molar-refractivity contribution in [1.29, 1.82) is 0 Å². The minimum absolute atomic E-state index is 0.0184. The molecule has 2 heterocycles. The summed E-state index contributed by atoms with van der Waals surface area (Å²) in [5, 5.41) is 9.62. The van der Waals surface area contributed by atoms with Gasteiger partial charge in [-0.15, -0.1) is 0 Å². The summed E-state index contributed by atoms with van der Waals surface area (Å²) in [4.78, 5) is 18.3. The van der Waals surface area contributed by atoms with Gasteiger partial charge in [0.25, 0.3) is 16.5 Å². The summed E-state index contributed by atoms with van der Waals surface area (Å²) in [6.45, 7) is 2.38. The van der Waals surface area contributed by atoms with Crippen molar-refractivity contribution in [3.63, 3.8) is 0 Å². The van der Waals surface area contributed by atoms with Crippen LogP contribution in [0.1, 0.15) is 18.9 Å². The summed E-state index contributed by atoms with van der Waals surface area (Å²) in [6, 6.07) is 10.4. The van der Waals surface area contributed by atoms with Gasteiger partial charge in [-0.05, 0) is 60.5 Å². The number of hydrogen-bond acceptors (Lipinski definition) is 5. The number of benzene rings is 3. The smallest absolute Gasteiger partial charge is 0.416 e. The average Bonchev–Trinajstić information content (AvgIpc) is 3.31. The second-order valence-electron chi connectivity index (χ2n) is 8.84. The highest BCUT2D eigenvalue weighted by atomic mass is 32.2. The number of rotatable bonds is 3. The summed E-state index contributed by atoms with van der Waals surface area (Å²) in [7, 11) is -4.39. The molecule has 41 heavy (non-hydrogen) atoms. The van der Waals surface area contributed by atoms with E-state index in [1.807, 2.05) is 6.92 Å². The Balaban J connectivity index is 0.000000393. The number of amides is 1. The van der Waals surface area contributed by atoms with Crippen molar-refractivity contribution in [2.75, 3.05) is 24.0 Å². The molecule has 1 unspecified atom stereocenters. The minimum atomic E-state index is -4.71. The number of carbonyl (C=O) groups excluding carboxylic acids is 1. The largest absolute Gasteiger partial charge is 0.489 e. The lowest BCUT2D eigenvalue weighted by Crippen LogP contribution is -2.38. The van der Waals surface area contributed by atoms with Crippen molar-refractivity contribution in [1.82, 2.24) is 5.32 Å². The summed E-state index contributed by atoms with van der Waals surface area (Å²) < 4.78 is 99.7. The lowest BCUT2D eigenvalue weighted by atomic mass is 10.0. The van der Waals surface area contributed by atoms with Gasteiger partial charge in [-0.25, -0.2) is 17.2 Å². The maximum Gasteiger partial charge on any atom is 0.416 e. The molecule has 2 aliphatic heterocycles. The van der Waals surface area contributed by atoms with E-state index in [1.165, 1.54) is 18.2 Å². The Labute approximate surface area is 232 Å². The van der Waals surface area contributed by atoms with Crippen molar-refractivity contribution >= 4 is 28.1 Å². The van der Waals surface area contributed by atoms with Crippen LogP contribution in [0.25, 0.3) is 11.1 Å². The predicted octanol–water partition coefficient (Wildman–Crippen LogP) is 5.08. The fraction of sp³-hybridized carbons (Fsp3) is 0.259. The minimum Gasteiger partial charge on any atom is -0.489 e. The van der Waals surface area contributed by atoms with Gasteiger partial charge in [-0.2, -0.15) is 13.2 Å². The number of sulfonamides is 1. The quantitative estimate of drug-likeness (QED) is 0.320. The van der Waals surface area contributed by atoms with E-state index in [1.54, 1.807) is 0 Å². The van der Waals surface area contributed by atoms with Crippen LogP contribution in [0.5, 0.6) is 5.75 Å². The summed E-state index contributed by atoms with van der Waals surface area (Å²) >= 11 is 0. The molecule has 0 saturated carbocycles. The van der Waals surface area contributed by atoms with E-state index in [9.17, 15) is 35.2 Å². The van der Waals surface area contributed by atoms with Crippen LogP contribution in [0.2, 0.25) is 0 Å². The summed E-state index contributed by atoms with van der Waals surface area (Å²) in [5.41, 5.74) is -0.988. The number of hydrogen-bond donors (Lipinski definition) is 2. The number of fused-ring (bicyclic) bond motifs is 1. The van der Waals surface area contributed by atoms with Crippen molar-refractivity contribution < 1.29 is 49.8 Å². The third kappa shape index (κ3) is 7.51. The zero-order valence-electron chi connectivity index (χ0n) is 21.5. The molecular formula is C27H25F5N2O6S. The van der Waals surface area contributed by atoms with E-state index in [-0.39, 0.29) is 54.0 Å². The third-order valence-corrected chi connectivity index (χ3v) is 7.90. The summed E-state index contributed by atoms with van der Waals surface area (Å²) in [6.07, 6.45) is -3.70. The maximum atomic E-state index is 14.2. The van der Waals surface area contributed by atoms with Gasteiger partial charge in [0.2, 0.25) is 5.91 Å². The molecule has 0 spiro atoms. The highest BCUT2D eigenvalue weighted by Crippen LogP contribution is 2.40. The Morgan fingerprint density at radius 3 is 2.37 bits per heavy atom. The second-order valence-corrected chi connectivity index (χ2v) is 10.7. The molecule has 5 rings (SSSR count). The topological polar surface area (TPSA) is 113 Å². The molecule has 0 aromatic heterocycles. The molecule has 1 atom stereocenters. The Hall–Kier alpha value is -4.20. The molecule has 2 aliphatic rings. The Kier molecular flexibility index (Phi) is 9.92. The predicted molar refractivity (Wildman–Crippen MR) is 139 cm³/mol. The van der Waals surface area contributed by atoms with Crippen LogP contribution in [0.4, 0.5) is 27.6 Å². The molecule has 14 heteroatoms. The normalized spacial score (nSPS) is 16.2. The van der Waals surface area contributed by atoms with Crippen molar-refractivity contribution in [2.45, 2.75) is 24.4 Å². The maximum absolute atomic E-state index is 14.2. The van der Waals surface area contributed by atoms with E-state index in [0.29, 0.717) is 6.07 Å². The van der Waals surface area contributed by atoms with Crippen LogP contribution in [0.3, 0.4) is 0 Å². The summed E-state index contributed by atoms with van der Waals surface area (Å²) in [5.74, 6) is -0.772. The van der Waals surface area contributed by atoms with E-state index in [0.717, 1.165) is 53.7 Å². The van der Waals surface area contributed by atoms with E-state index >= 15 is 0 Å². The number of anilines is 1. The molecule has 2 N–H and O–H groups in total. The van der Waals surface area contributed by atoms with Crippen LogP contribution in [-0.2, 0) is 25.8 Å². The lowest BCUT2D eigenvalue weighted by Gasteiger charge is -2.31. The van der Waals surface area contributed by atoms with Crippen LogP contribution in [0.15, 0.2) is 65.6 Å². The SMILES string of the molecule is CC1CCNC1=O.O=CO.O=S(=O)(c1cccc(C(F)(F)F)c1)N1CCOc2ccc(-c3cc(F)ccc3F)cc21. The van der Waals surface area contributed by atoms with Gasteiger partial charge in [-0.1, -0.05) is 19.1 Å². The number of alkyl halides is 3. The van der Waals surface area contributed by atoms with Gasteiger partial charge < -0.3 is 15.2 Å². The first-order valence-corrected chi connectivity index (χ1v) is 13.5. The van der Waals surface area contributed by atoms with Gasteiger partial charge in [0.05, 0.1) is 22.7 Å². The molecule has 1 fully saturated rings. The molecule has 0 aliphatic carbocycles. The highest BCUT2D eigenvalue weighted by Gasteiger charge is 2.35. The van der Waals surface area contributed by atoms with Crippen molar-refractivity contribution in [3.05, 3.63) is 77.9 Å². The molecule has 1 saturated heterocycles. The number of ether oxygens (including phenoxy) is 1. The Bertz CT molecular complexity index is 1510. The van der Waals surface area contributed by atoms with Gasteiger partial charge in [0.15, 0.2) is 0 Å². The molecule has 0 radical (unpaired) electrons. The first-order valence-electron chi connectivity index (χ1n) is 12.1. The van der Waals surface area contributed by atoms with Crippen LogP contribution in [-0.4, -0.2) is 45.6 Å². The van der Waals surface area contributed by atoms with E-state index in [4.69, 9.17) is 14.6 Å². The highest BCUT2D eigenvalue weighted by molar-refractivity contribution is 7.92. The molecule has 220 valence electrons. The third-order valence-electron chi connectivity index (χ3n) is 6.09. The van der Waals surface area contributed by atoms with Gasteiger partial charge in [-0.3, -0.25) is 13.9 Å². The zero-order chi connectivity index (χ0) is 30.4. The van der Waals surface area contributed by atoms with Gasteiger partial charge in [0, 0.05) is 18.0 Å². The fourth-order valence-electron chi connectivity index (χ4n) is 4.01. The first kappa shape index (κ1) is 31.3. The van der Waals surface area contributed by atoms with Crippen LogP contribution >= 0.6 is 0 Å². The zero-order valence-corrected chi connectivity index (χ0v) is 22.3. The average molecular weight is 601 g/mol. The number of nitrogens with one attached hydrogen (secondary N) is 1. The number of carboxylic acid groups (broad SMARTS) is 1. The fourth-order valence-corrected chi connectivity index (χ4v) is 5.50. The van der Waals surface area contributed by atoms with Gasteiger partial charge in [0.1, 0.15) is 24.0 Å². The number of nitrogens with zero attached hydrogens (tertiary/aromatic N) is 1. The van der Waals surface area contributed by atoms with Crippen molar-refractivity contribution in [2.24, 2.45) is 5.92 Å². The number of carbonyl (C=O) groups is 2. The van der Waals surface area contributed by atoms with Gasteiger partial charge >= 0.3 is 6.18 Å². The monoisotopic (exact) mass is 600 g/mol. The second kappa shape index (κ2) is 13.0. The molecule has 0 bridgehead atoms. The first-order chi connectivity index (χ1) is 19.3.